The van der Waals surface area contributed by atoms with Gasteiger partial charge in [0, 0.05) is 63.3 Å². The van der Waals surface area contributed by atoms with Crippen LogP contribution in [0.15, 0.2) is 146 Å². The van der Waals surface area contributed by atoms with Crippen molar-refractivity contribution in [2.75, 3.05) is 0 Å². The van der Waals surface area contributed by atoms with Crippen LogP contribution in [0, 0.1) is 0 Å². The molecule has 0 aliphatic carbocycles. The Morgan fingerprint density at radius 3 is 1.62 bits per heavy atom. The largest absolute Gasteiger partial charge is 0.246 e. The molecule has 0 bridgehead atoms. The van der Waals surface area contributed by atoms with Crippen molar-refractivity contribution in [3.05, 3.63) is 146 Å². The van der Waals surface area contributed by atoms with Crippen LogP contribution < -0.4 is 0 Å². The van der Waals surface area contributed by atoms with Crippen LogP contribution in [0.1, 0.15) is 0 Å². The van der Waals surface area contributed by atoms with Crippen molar-refractivity contribution >= 4 is 73.9 Å². The molecule has 10 aromatic rings. The predicted molar refractivity (Wildman–Crippen MR) is 203 cm³/mol. The first-order valence-corrected chi connectivity index (χ1v) is 17.4. The van der Waals surface area contributed by atoms with Crippen molar-refractivity contribution in [2.45, 2.75) is 0 Å². The van der Waals surface area contributed by atoms with Gasteiger partial charge in [-0.15, -0.1) is 22.7 Å². The topological polar surface area (TPSA) is 51.6 Å². The normalized spacial score (nSPS) is 11.8. The van der Waals surface area contributed by atoms with Crippen LogP contribution in [0.25, 0.3) is 96.7 Å². The van der Waals surface area contributed by atoms with Gasteiger partial charge in [0.2, 0.25) is 0 Å². The molecule has 4 nitrogen and oxygen atoms in total. The van der Waals surface area contributed by atoms with E-state index in [1.54, 1.807) is 11.3 Å². The third-order valence-corrected chi connectivity index (χ3v) is 11.4. The second-order valence-corrected chi connectivity index (χ2v) is 13.9. The van der Waals surface area contributed by atoms with Gasteiger partial charge in [0.15, 0.2) is 17.5 Å². The smallest absolute Gasteiger partial charge is 0.165 e. The molecule has 0 saturated carbocycles. The highest BCUT2D eigenvalue weighted by Gasteiger charge is 2.18. The van der Waals surface area contributed by atoms with Gasteiger partial charge in [-0.25, -0.2) is 19.9 Å². The molecular weight excluding hydrogens is 625 g/mol. The zero-order valence-corrected chi connectivity index (χ0v) is 27.1. The number of nitrogens with zero attached hydrogens (tertiary/aromatic N) is 4. The second-order valence-electron chi connectivity index (χ2n) is 11.8. The van der Waals surface area contributed by atoms with Crippen LogP contribution in [0.4, 0.5) is 0 Å². The van der Waals surface area contributed by atoms with Gasteiger partial charge >= 0.3 is 0 Å². The van der Waals surface area contributed by atoms with Gasteiger partial charge in [0.1, 0.15) is 0 Å². The Kier molecular flexibility index (Phi) is 6.19. The number of hydrogen-bond donors (Lipinski definition) is 0. The first-order chi connectivity index (χ1) is 23.8. The average Bonchev–Trinajstić information content (AvgIpc) is 3.74. The lowest BCUT2D eigenvalue weighted by Crippen LogP contribution is -2.00. The van der Waals surface area contributed by atoms with E-state index < -0.39 is 0 Å². The summed E-state index contributed by atoms with van der Waals surface area (Å²) >= 11 is 3.59. The number of aromatic nitrogens is 4. The number of thiophene rings is 2. The number of rotatable bonds is 4. The van der Waals surface area contributed by atoms with Crippen LogP contribution in [0.3, 0.4) is 0 Å². The van der Waals surface area contributed by atoms with Gasteiger partial charge in [-0.1, -0.05) is 127 Å². The predicted octanol–water partition coefficient (Wildman–Crippen LogP) is 11.8. The van der Waals surface area contributed by atoms with Gasteiger partial charge in [-0.2, -0.15) is 0 Å². The van der Waals surface area contributed by atoms with E-state index in [4.69, 9.17) is 19.9 Å². The molecule has 0 atom stereocenters. The number of fused-ring (bicyclic) bond motifs is 8. The molecule has 0 aliphatic heterocycles. The van der Waals surface area contributed by atoms with E-state index in [9.17, 15) is 0 Å². The molecule has 0 saturated heterocycles. The van der Waals surface area contributed by atoms with Crippen LogP contribution >= 0.6 is 22.7 Å². The maximum absolute atomic E-state index is 5.29. The SMILES string of the molecule is c1ccc(-c2nc(-c3ccc(-c4nc5c6ccccc6sc5c5ccccc45)cc3)nc(-c3cccc4c3sc3ccccc34)n2)cc1. The number of pyridine rings is 1. The lowest BCUT2D eigenvalue weighted by atomic mass is 10.0. The fraction of sp³-hybridized carbons (Fsp3) is 0. The minimum atomic E-state index is 0.639. The lowest BCUT2D eigenvalue weighted by Gasteiger charge is -2.11. The summed E-state index contributed by atoms with van der Waals surface area (Å²) in [6.45, 7) is 0. The molecule has 0 aliphatic rings. The molecule has 224 valence electrons. The van der Waals surface area contributed by atoms with E-state index >= 15 is 0 Å². The molecule has 4 aromatic heterocycles. The molecule has 0 amide bonds. The summed E-state index contributed by atoms with van der Waals surface area (Å²) in [5.41, 5.74) is 5.98. The van der Waals surface area contributed by atoms with Crippen molar-refractivity contribution in [2.24, 2.45) is 0 Å². The molecule has 6 heteroatoms. The zero-order valence-electron chi connectivity index (χ0n) is 25.5. The van der Waals surface area contributed by atoms with Gasteiger partial charge in [-0.05, 0) is 18.2 Å². The van der Waals surface area contributed by atoms with E-state index in [1.807, 2.05) is 41.7 Å². The Hall–Kier alpha value is -5.82. The molecule has 0 spiro atoms. The summed E-state index contributed by atoms with van der Waals surface area (Å²) in [7, 11) is 0. The molecule has 10 rings (SSSR count). The maximum Gasteiger partial charge on any atom is 0.165 e. The zero-order chi connectivity index (χ0) is 31.6. The maximum atomic E-state index is 5.29. The fourth-order valence-corrected chi connectivity index (χ4v) is 9.04. The van der Waals surface area contributed by atoms with Gasteiger partial charge in [0.25, 0.3) is 0 Å². The Morgan fingerprint density at radius 1 is 0.333 bits per heavy atom. The highest BCUT2D eigenvalue weighted by Crippen LogP contribution is 2.42. The van der Waals surface area contributed by atoms with E-state index in [-0.39, 0.29) is 0 Å². The molecule has 6 aromatic carbocycles. The average molecular weight is 649 g/mol. The van der Waals surface area contributed by atoms with Gasteiger partial charge < -0.3 is 0 Å². The summed E-state index contributed by atoms with van der Waals surface area (Å²) < 4.78 is 4.92. The van der Waals surface area contributed by atoms with Crippen LogP contribution in [0.5, 0.6) is 0 Å². The van der Waals surface area contributed by atoms with Crippen molar-refractivity contribution in [3.63, 3.8) is 0 Å². The Balaban J connectivity index is 1.14. The van der Waals surface area contributed by atoms with E-state index in [0.717, 1.165) is 38.9 Å². The number of hydrogen-bond acceptors (Lipinski definition) is 6. The minimum Gasteiger partial charge on any atom is -0.246 e. The third-order valence-electron chi connectivity index (χ3n) is 8.95. The Labute approximate surface area is 283 Å². The molecule has 0 unspecified atom stereocenters. The summed E-state index contributed by atoms with van der Waals surface area (Å²) in [6.07, 6.45) is 0. The molecule has 0 fully saturated rings. The molecule has 0 radical (unpaired) electrons. The van der Waals surface area contributed by atoms with Crippen LogP contribution in [-0.4, -0.2) is 19.9 Å². The van der Waals surface area contributed by atoms with E-state index in [1.165, 1.54) is 40.3 Å². The Morgan fingerprint density at radius 2 is 0.854 bits per heavy atom. The second kappa shape index (κ2) is 10.9. The quantitative estimate of drug-likeness (QED) is 0.191. The summed E-state index contributed by atoms with van der Waals surface area (Å²) in [6, 6.07) is 50.7. The molecule has 0 N–H and O–H groups in total. The standard InChI is InChI=1S/C42H24N4S2/c1-2-11-26(12-3-1)40-44-41(46-42(45-40)33-18-10-17-30-28-13-6-8-19-34(28)47-38(30)33)27-23-21-25(22-24-27)36-29-14-4-5-15-31(29)39-37(43-36)32-16-7-9-20-35(32)48-39/h1-24H. The number of benzene rings is 6. The van der Waals surface area contributed by atoms with Crippen molar-refractivity contribution in [3.8, 4) is 45.4 Å². The van der Waals surface area contributed by atoms with Gasteiger partial charge in [-0.3, -0.25) is 0 Å². The Bertz CT molecular complexity index is 2840. The minimum absolute atomic E-state index is 0.639. The van der Waals surface area contributed by atoms with Gasteiger partial charge in [0.05, 0.1) is 15.9 Å². The highest BCUT2D eigenvalue weighted by atomic mass is 32.1. The summed E-state index contributed by atoms with van der Waals surface area (Å²) in [5.74, 6) is 1.96. The lowest BCUT2D eigenvalue weighted by molar-refractivity contribution is 1.08. The van der Waals surface area contributed by atoms with Crippen molar-refractivity contribution < 1.29 is 0 Å². The third kappa shape index (κ3) is 4.34. The summed E-state index contributed by atoms with van der Waals surface area (Å²) in [4.78, 5) is 20.5. The van der Waals surface area contributed by atoms with E-state index in [2.05, 4.69) is 115 Å². The molecule has 4 heterocycles. The van der Waals surface area contributed by atoms with Crippen molar-refractivity contribution in [1.82, 2.24) is 19.9 Å². The first kappa shape index (κ1) is 27.3. The first-order valence-electron chi connectivity index (χ1n) is 15.8. The van der Waals surface area contributed by atoms with Crippen molar-refractivity contribution in [1.29, 1.82) is 0 Å². The van der Waals surface area contributed by atoms with Crippen LogP contribution in [-0.2, 0) is 0 Å². The summed E-state index contributed by atoms with van der Waals surface area (Å²) in [5, 5.41) is 6.04. The van der Waals surface area contributed by atoms with E-state index in [0.29, 0.717) is 17.5 Å². The highest BCUT2D eigenvalue weighted by molar-refractivity contribution is 7.27. The van der Waals surface area contributed by atoms with Crippen LogP contribution in [0.2, 0.25) is 0 Å². The monoisotopic (exact) mass is 648 g/mol. The molecular formula is C42H24N4S2. The fourth-order valence-electron chi connectivity index (χ4n) is 6.65. The molecule has 48 heavy (non-hydrogen) atoms.